The molecule has 1 rings (SSSR count). The molecule has 0 heterocycles. The maximum absolute atomic E-state index is 11.5. The van der Waals surface area contributed by atoms with E-state index in [0.717, 1.165) is 0 Å². The minimum absolute atomic E-state index is 0.256. The van der Waals surface area contributed by atoms with Gasteiger partial charge in [-0.3, -0.25) is 4.79 Å². The van der Waals surface area contributed by atoms with Crippen molar-refractivity contribution in [1.82, 2.24) is 0 Å². The largest absolute Gasteiger partial charge is 0.426 e. The van der Waals surface area contributed by atoms with E-state index >= 15 is 0 Å². The van der Waals surface area contributed by atoms with E-state index in [-0.39, 0.29) is 12.6 Å². The molecule has 3 heteroatoms. The average Bonchev–Trinajstić information content (AvgIpc) is 2.17. The summed E-state index contributed by atoms with van der Waals surface area (Å²) in [6, 6.07) is 6.60. The number of ether oxygens (including phenoxy) is 1. The Kier molecular flexibility index (Phi) is 3.48. The van der Waals surface area contributed by atoms with Crippen molar-refractivity contribution in [3.05, 3.63) is 29.8 Å². The molecule has 3 nitrogen and oxygen atoms in total. The highest BCUT2D eigenvalue weighted by molar-refractivity contribution is 5.77. The van der Waals surface area contributed by atoms with Crippen LogP contribution >= 0.6 is 0 Å². The summed E-state index contributed by atoms with van der Waals surface area (Å²) in [5, 5.41) is 10.5. The maximum atomic E-state index is 11.5. The summed E-state index contributed by atoms with van der Waals surface area (Å²) in [6.07, 6.45) is 0. The summed E-state index contributed by atoms with van der Waals surface area (Å²) in [7, 11) is 0. The van der Waals surface area contributed by atoms with Gasteiger partial charge in [0, 0.05) is 0 Å². The minimum atomic E-state index is -0.517. The van der Waals surface area contributed by atoms with Gasteiger partial charge in [0.05, 0.1) is 5.41 Å². The normalized spacial score (nSPS) is 11.2. The quantitative estimate of drug-likeness (QED) is 0.552. The maximum Gasteiger partial charge on any atom is 0.316 e. The molecule has 0 N–H and O–H groups in total. The number of carbonyl (C=O) groups excluding carboxylic acids is 1. The molecule has 0 unspecified atom stereocenters. The van der Waals surface area contributed by atoms with E-state index in [0.29, 0.717) is 11.3 Å². The van der Waals surface area contributed by atoms with Crippen molar-refractivity contribution in [2.24, 2.45) is 5.41 Å². The molecule has 1 aromatic carbocycles. The van der Waals surface area contributed by atoms with E-state index < -0.39 is 5.41 Å². The van der Waals surface area contributed by atoms with E-state index in [1.54, 1.807) is 45.0 Å². The molecule has 0 aliphatic rings. The topological polar surface area (TPSA) is 46.2 Å². The third kappa shape index (κ3) is 3.36. The molecule has 0 amide bonds. The zero-order valence-electron chi connectivity index (χ0n) is 9.24. The van der Waals surface area contributed by atoms with Gasteiger partial charge >= 0.3 is 5.97 Å². The van der Waals surface area contributed by atoms with Gasteiger partial charge < -0.3 is 4.74 Å². The van der Waals surface area contributed by atoms with Gasteiger partial charge in [0.1, 0.15) is 12.4 Å². The molecule has 1 radical (unpaired) electrons. The summed E-state index contributed by atoms with van der Waals surface area (Å²) in [5.74, 6) is 0.199. The Morgan fingerprint density at radius 1 is 1.20 bits per heavy atom. The van der Waals surface area contributed by atoms with Crippen LogP contribution in [-0.4, -0.2) is 5.97 Å². The molecule has 0 fully saturated rings. The van der Waals surface area contributed by atoms with Crippen molar-refractivity contribution < 1.29 is 14.6 Å². The molecular formula is C12H15O3. The average molecular weight is 207 g/mol. The Morgan fingerprint density at radius 3 is 2.13 bits per heavy atom. The second kappa shape index (κ2) is 4.45. The Morgan fingerprint density at radius 2 is 1.73 bits per heavy atom. The lowest BCUT2D eigenvalue weighted by Crippen LogP contribution is -2.25. The van der Waals surface area contributed by atoms with Crippen LogP contribution in [0.25, 0.3) is 0 Å². The minimum Gasteiger partial charge on any atom is -0.426 e. The third-order valence-electron chi connectivity index (χ3n) is 1.91. The molecule has 0 aromatic heterocycles. The van der Waals surface area contributed by atoms with Crippen LogP contribution in [0.2, 0.25) is 0 Å². The summed E-state index contributed by atoms with van der Waals surface area (Å²) in [6.45, 7) is 5.12. The van der Waals surface area contributed by atoms with Crippen LogP contribution in [0.1, 0.15) is 26.3 Å². The number of rotatable bonds is 2. The van der Waals surface area contributed by atoms with Gasteiger partial charge in [-0.15, -0.1) is 0 Å². The molecule has 0 bridgehead atoms. The van der Waals surface area contributed by atoms with Gasteiger partial charge in [-0.2, -0.15) is 0 Å². The van der Waals surface area contributed by atoms with Gasteiger partial charge in [0.2, 0.25) is 0 Å². The number of hydrogen-bond acceptors (Lipinski definition) is 2. The van der Waals surface area contributed by atoms with Gasteiger partial charge in [-0.05, 0) is 38.5 Å². The summed E-state index contributed by atoms with van der Waals surface area (Å²) >= 11 is 0. The van der Waals surface area contributed by atoms with E-state index in [1.807, 2.05) is 0 Å². The van der Waals surface area contributed by atoms with E-state index in [1.165, 1.54) is 0 Å². The molecule has 0 saturated carbocycles. The fourth-order valence-corrected chi connectivity index (χ4v) is 0.914. The van der Waals surface area contributed by atoms with Crippen LogP contribution in [0.15, 0.2) is 24.3 Å². The first-order chi connectivity index (χ1) is 6.93. The first-order valence-electron chi connectivity index (χ1n) is 4.83. The van der Waals surface area contributed by atoms with Crippen LogP contribution in [-0.2, 0) is 16.5 Å². The van der Waals surface area contributed by atoms with Gasteiger partial charge in [-0.25, -0.2) is 5.11 Å². The van der Waals surface area contributed by atoms with Crippen molar-refractivity contribution in [2.45, 2.75) is 27.4 Å². The molecule has 0 spiro atoms. The summed E-state index contributed by atoms with van der Waals surface area (Å²) in [5.41, 5.74) is 0.169. The van der Waals surface area contributed by atoms with Crippen LogP contribution in [0.4, 0.5) is 0 Å². The monoisotopic (exact) mass is 207 g/mol. The highest BCUT2D eigenvalue weighted by Crippen LogP contribution is 2.19. The number of esters is 1. The number of carbonyl (C=O) groups is 1. The Bertz CT molecular complexity index is 333. The van der Waals surface area contributed by atoms with Crippen LogP contribution in [0, 0.1) is 5.41 Å². The van der Waals surface area contributed by atoms with Gasteiger partial charge in [-0.1, -0.05) is 12.1 Å². The Hall–Kier alpha value is -1.35. The zero-order valence-corrected chi connectivity index (χ0v) is 9.24. The standard InChI is InChI=1S/C12H15O3/c1-12(2,3)11(14)15-10-6-4-9(8-13)5-7-10/h4-7H,8H2,1-3H3. The smallest absolute Gasteiger partial charge is 0.316 e. The molecule has 81 valence electrons. The highest BCUT2D eigenvalue weighted by Gasteiger charge is 2.23. The zero-order chi connectivity index (χ0) is 11.5. The predicted molar refractivity (Wildman–Crippen MR) is 55.9 cm³/mol. The fourth-order valence-electron chi connectivity index (χ4n) is 0.914. The second-order valence-electron chi connectivity index (χ2n) is 4.43. The van der Waals surface area contributed by atoms with E-state index in [2.05, 4.69) is 0 Å². The number of hydrogen-bond donors (Lipinski definition) is 0. The predicted octanol–water partition coefficient (Wildman–Crippen LogP) is 2.57. The second-order valence-corrected chi connectivity index (χ2v) is 4.43. The molecular weight excluding hydrogens is 192 g/mol. The molecule has 1 aromatic rings. The summed E-state index contributed by atoms with van der Waals surface area (Å²) in [4.78, 5) is 11.5. The molecule has 0 aliphatic heterocycles. The third-order valence-corrected chi connectivity index (χ3v) is 1.91. The Balaban J connectivity index is 2.70. The van der Waals surface area contributed by atoms with Crippen molar-refractivity contribution in [2.75, 3.05) is 0 Å². The van der Waals surface area contributed by atoms with E-state index in [9.17, 15) is 9.90 Å². The molecule has 0 saturated heterocycles. The van der Waals surface area contributed by atoms with Crippen molar-refractivity contribution in [3.63, 3.8) is 0 Å². The highest BCUT2D eigenvalue weighted by atomic mass is 16.5. The molecule has 0 atom stereocenters. The first-order valence-corrected chi connectivity index (χ1v) is 4.83. The van der Waals surface area contributed by atoms with Crippen LogP contribution < -0.4 is 4.74 Å². The lowest BCUT2D eigenvalue weighted by atomic mass is 9.97. The Labute approximate surface area is 89.7 Å². The lowest BCUT2D eigenvalue weighted by Gasteiger charge is -2.16. The summed E-state index contributed by atoms with van der Waals surface area (Å²) < 4.78 is 5.14. The van der Waals surface area contributed by atoms with Crippen molar-refractivity contribution in [1.29, 1.82) is 0 Å². The fraction of sp³-hybridized carbons (Fsp3) is 0.417. The number of benzene rings is 1. The molecule has 15 heavy (non-hydrogen) atoms. The van der Waals surface area contributed by atoms with Crippen molar-refractivity contribution in [3.8, 4) is 5.75 Å². The first kappa shape index (κ1) is 11.7. The van der Waals surface area contributed by atoms with Crippen LogP contribution in [0.5, 0.6) is 5.75 Å². The lowest BCUT2D eigenvalue weighted by molar-refractivity contribution is -0.142. The SMILES string of the molecule is CC(C)(C)C(=O)Oc1ccc(C[O])cc1. The van der Waals surface area contributed by atoms with E-state index in [4.69, 9.17) is 4.74 Å². The van der Waals surface area contributed by atoms with Crippen molar-refractivity contribution >= 4 is 5.97 Å². The van der Waals surface area contributed by atoms with Crippen LogP contribution in [0.3, 0.4) is 0 Å². The van der Waals surface area contributed by atoms with Gasteiger partial charge in [0.25, 0.3) is 0 Å². The van der Waals surface area contributed by atoms with Gasteiger partial charge in [0.15, 0.2) is 0 Å². The molecule has 0 aliphatic carbocycles.